The minimum atomic E-state index is -1.15. The lowest BCUT2D eigenvalue weighted by Gasteiger charge is -2.27. The van der Waals surface area contributed by atoms with Crippen LogP contribution >= 0.6 is 0 Å². The molecule has 0 saturated heterocycles. The molecule has 10 nitrogen and oxygen atoms in total. The SMILES string of the molecule is CCN1C(=O)C(C)(C)C(=O)N(C)c2cc(OCCCN(CCn3ccc4ccccc4c3=O)Cc3ccnn3C)ccc21. The van der Waals surface area contributed by atoms with Crippen LogP contribution in [0.25, 0.3) is 10.8 Å². The first kappa shape index (κ1) is 30.0. The zero-order chi connectivity index (χ0) is 30.7. The highest BCUT2D eigenvalue weighted by molar-refractivity contribution is 6.20. The van der Waals surface area contributed by atoms with Gasteiger partial charge in [-0.3, -0.25) is 24.0 Å². The van der Waals surface area contributed by atoms with Gasteiger partial charge in [0.15, 0.2) is 0 Å². The van der Waals surface area contributed by atoms with Crippen molar-refractivity contribution in [3.63, 3.8) is 0 Å². The normalized spacial score (nSPS) is 14.8. The van der Waals surface area contributed by atoms with Gasteiger partial charge in [-0.05, 0) is 62.9 Å². The molecule has 0 N–H and O–H groups in total. The van der Waals surface area contributed by atoms with Crippen LogP contribution in [0.1, 0.15) is 32.9 Å². The molecule has 43 heavy (non-hydrogen) atoms. The number of benzene rings is 2. The molecule has 1 aliphatic rings. The second-order valence-electron chi connectivity index (χ2n) is 11.5. The molecule has 2 amide bonds. The van der Waals surface area contributed by atoms with E-state index in [1.54, 1.807) is 41.5 Å². The molecule has 4 aromatic rings. The van der Waals surface area contributed by atoms with E-state index in [1.807, 2.05) is 79.4 Å². The zero-order valence-corrected chi connectivity index (χ0v) is 25.6. The summed E-state index contributed by atoms with van der Waals surface area (Å²) in [7, 11) is 3.63. The monoisotopic (exact) mass is 584 g/mol. The number of hydrogen-bond donors (Lipinski definition) is 0. The number of aryl methyl sites for hydroxylation is 1. The summed E-state index contributed by atoms with van der Waals surface area (Å²) in [6, 6.07) is 17.2. The molecule has 0 radical (unpaired) electrons. The van der Waals surface area contributed by atoms with Crippen molar-refractivity contribution in [2.24, 2.45) is 12.5 Å². The molecule has 2 aromatic heterocycles. The topological polar surface area (TPSA) is 92.9 Å². The first-order valence-corrected chi connectivity index (χ1v) is 14.8. The molecule has 3 heterocycles. The van der Waals surface area contributed by atoms with Gasteiger partial charge in [-0.1, -0.05) is 18.2 Å². The van der Waals surface area contributed by atoms with E-state index in [2.05, 4.69) is 10.00 Å². The highest BCUT2D eigenvalue weighted by Crippen LogP contribution is 2.40. The van der Waals surface area contributed by atoms with E-state index in [4.69, 9.17) is 4.74 Å². The third-order valence-electron chi connectivity index (χ3n) is 8.27. The molecule has 0 spiro atoms. The van der Waals surface area contributed by atoms with E-state index in [9.17, 15) is 14.4 Å². The van der Waals surface area contributed by atoms with Gasteiger partial charge in [-0.2, -0.15) is 5.10 Å². The van der Waals surface area contributed by atoms with Crippen LogP contribution in [0.15, 0.2) is 71.8 Å². The fourth-order valence-corrected chi connectivity index (χ4v) is 5.66. The molecule has 0 atom stereocenters. The first-order valence-electron chi connectivity index (χ1n) is 14.8. The molecule has 0 fully saturated rings. The highest BCUT2D eigenvalue weighted by Gasteiger charge is 2.45. The number of aromatic nitrogens is 3. The first-order chi connectivity index (χ1) is 20.6. The van der Waals surface area contributed by atoms with Crippen LogP contribution in [0.3, 0.4) is 0 Å². The fraction of sp³-hybridized carbons (Fsp3) is 0.394. The van der Waals surface area contributed by atoms with Gasteiger partial charge in [0.2, 0.25) is 11.8 Å². The third-order valence-corrected chi connectivity index (χ3v) is 8.27. The van der Waals surface area contributed by atoms with Crippen molar-refractivity contribution in [1.29, 1.82) is 0 Å². The number of pyridine rings is 1. The van der Waals surface area contributed by atoms with E-state index in [1.165, 1.54) is 0 Å². The summed E-state index contributed by atoms with van der Waals surface area (Å²) in [5, 5.41) is 5.97. The Hall–Kier alpha value is -4.44. The lowest BCUT2D eigenvalue weighted by Crippen LogP contribution is -2.47. The van der Waals surface area contributed by atoms with Crippen LogP contribution in [0.2, 0.25) is 0 Å². The molecule has 226 valence electrons. The van der Waals surface area contributed by atoms with Gasteiger partial charge in [-0.15, -0.1) is 0 Å². The second-order valence-corrected chi connectivity index (χ2v) is 11.5. The van der Waals surface area contributed by atoms with E-state index in [0.717, 1.165) is 29.4 Å². The van der Waals surface area contributed by atoms with Gasteiger partial charge in [-0.25, -0.2) is 0 Å². The smallest absolute Gasteiger partial charge is 0.258 e. The second kappa shape index (κ2) is 12.4. The van der Waals surface area contributed by atoms with Crippen molar-refractivity contribution >= 4 is 34.0 Å². The van der Waals surface area contributed by atoms with Crippen molar-refractivity contribution in [3.05, 3.63) is 83.0 Å². The fourth-order valence-electron chi connectivity index (χ4n) is 5.66. The Balaban J connectivity index is 1.26. The number of fused-ring (bicyclic) bond motifs is 2. The molecule has 0 aliphatic carbocycles. The molecule has 0 saturated carbocycles. The largest absolute Gasteiger partial charge is 0.493 e. The van der Waals surface area contributed by atoms with Gasteiger partial charge in [0.05, 0.1) is 23.7 Å². The summed E-state index contributed by atoms with van der Waals surface area (Å²) in [5.41, 5.74) is 1.30. The van der Waals surface area contributed by atoms with Crippen LogP contribution in [0.5, 0.6) is 5.75 Å². The van der Waals surface area contributed by atoms with Gasteiger partial charge in [0.1, 0.15) is 11.2 Å². The van der Waals surface area contributed by atoms with Gasteiger partial charge in [0.25, 0.3) is 5.56 Å². The molecule has 0 bridgehead atoms. The Morgan fingerprint density at radius 3 is 2.47 bits per heavy atom. The van der Waals surface area contributed by atoms with E-state index in [0.29, 0.717) is 49.9 Å². The third kappa shape index (κ3) is 6.06. The summed E-state index contributed by atoms with van der Waals surface area (Å²) >= 11 is 0. The maximum absolute atomic E-state index is 13.2. The van der Waals surface area contributed by atoms with Gasteiger partial charge >= 0.3 is 0 Å². The molecule has 0 unspecified atom stereocenters. The molecular weight excluding hydrogens is 544 g/mol. The summed E-state index contributed by atoms with van der Waals surface area (Å²) in [6.07, 6.45) is 4.41. The molecular formula is C33H40N6O4. The van der Waals surface area contributed by atoms with Crippen LogP contribution in [0, 0.1) is 5.41 Å². The molecule has 2 aromatic carbocycles. The lowest BCUT2D eigenvalue weighted by atomic mass is 9.90. The summed E-state index contributed by atoms with van der Waals surface area (Å²) in [6.45, 7) is 8.89. The molecule has 5 rings (SSSR count). The van der Waals surface area contributed by atoms with Crippen molar-refractivity contribution in [1.82, 2.24) is 19.2 Å². The number of hydrogen-bond acceptors (Lipinski definition) is 6. The van der Waals surface area contributed by atoms with Crippen LogP contribution in [-0.4, -0.2) is 64.4 Å². The minimum absolute atomic E-state index is 0.0142. The van der Waals surface area contributed by atoms with E-state index < -0.39 is 5.41 Å². The minimum Gasteiger partial charge on any atom is -0.493 e. The van der Waals surface area contributed by atoms with Crippen LogP contribution in [-0.2, 0) is 29.7 Å². The number of amides is 2. The summed E-state index contributed by atoms with van der Waals surface area (Å²) in [5.74, 6) is 0.185. The number of rotatable bonds is 11. The number of carbonyl (C=O) groups is 2. The zero-order valence-electron chi connectivity index (χ0n) is 25.6. The Morgan fingerprint density at radius 2 is 1.72 bits per heavy atom. The summed E-state index contributed by atoms with van der Waals surface area (Å²) < 4.78 is 9.78. The van der Waals surface area contributed by atoms with Crippen molar-refractivity contribution in [2.75, 3.05) is 43.1 Å². The predicted molar refractivity (Wildman–Crippen MR) is 168 cm³/mol. The number of ether oxygens (including phenoxy) is 1. The van der Waals surface area contributed by atoms with Crippen molar-refractivity contribution in [3.8, 4) is 5.75 Å². The Bertz CT molecular complexity index is 1690. The molecule has 1 aliphatic heterocycles. The quantitative estimate of drug-likeness (QED) is 0.195. The summed E-state index contributed by atoms with van der Waals surface area (Å²) in [4.78, 5) is 44.9. The number of nitrogens with zero attached hydrogens (tertiary/aromatic N) is 6. The van der Waals surface area contributed by atoms with E-state index in [-0.39, 0.29) is 17.4 Å². The van der Waals surface area contributed by atoms with Crippen LogP contribution in [0.4, 0.5) is 11.4 Å². The standard InChI is InChI=1S/C33H40N6O4/c1-6-39-28-13-12-26(22-29(28)35(4)31(41)33(2,3)32(39)42)43-21-9-17-37(23-25-14-16-34-36(25)5)19-20-38-18-15-24-10-7-8-11-27(24)30(38)40/h7-8,10-16,18,22H,6,9,17,19-21,23H2,1-5H3. The Morgan fingerprint density at radius 1 is 0.930 bits per heavy atom. The Kier molecular flexibility index (Phi) is 8.68. The van der Waals surface area contributed by atoms with Gasteiger partial charge in [0, 0.05) is 70.7 Å². The number of anilines is 2. The van der Waals surface area contributed by atoms with Crippen LogP contribution < -0.4 is 20.1 Å². The number of carbonyl (C=O) groups excluding carboxylic acids is 2. The maximum atomic E-state index is 13.2. The van der Waals surface area contributed by atoms with E-state index >= 15 is 0 Å². The highest BCUT2D eigenvalue weighted by atomic mass is 16.5. The average Bonchev–Trinajstić information content (AvgIpc) is 3.40. The molecule has 10 heteroatoms. The Labute approximate surface area is 252 Å². The van der Waals surface area contributed by atoms with Gasteiger partial charge < -0.3 is 19.1 Å². The maximum Gasteiger partial charge on any atom is 0.258 e. The van der Waals surface area contributed by atoms with Crippen molar-refractivity contribution < 1.29 is 14.3 Å². The predicted octanol–water partition coefficient (Wildman–Crippen LogP) is 4.06. The average molecular weight is 585 g/mol. The van der Waals surface area contributed by atoms with Crippen molar-refractivity contribution in [2.45, 2.75) is 40.3 Å². The lowest BCUT2D eigenvalue weighted by molar-refractivity contribution is -0.137.